The zero-order valence-electron chi connectivity index (χ0n) is 8.55. The molecule has 0 saturated carbocycles. The van der Waals surface area contributed by atoms with Crippen LogP contribution in [0.25, 0.3) is 0 Å². The van der Waals surface area contributed by atoms with Gasteiger partial charge >= 0.3 is 6.18 Å². The molecule has 0 unspecified atom stereocenters. The molecule has 1 aromatic rings. The second-order valence-electron chi connectivity index (χ2n) is 3.23. The number of hydrogen-bond acceptors (Lipinski definition) is 2. The Morgan fingerprint density at radius 3 is 2.41 bits per heavy atom. The maximum Gasteiger partial charge on any atom is 0.414 e. The number of carbonyl (C=O) groups excluding carboxylic acids is 1. The van der Waals surface area contributed by atoms with Gasteiger partial charge in [-0.25, -0.2) is 5.48 Å². The van der Waals surface area contributed by atoms with Crippen molar-refractivity contribution >= 4 is 21.8 Å². The van der Waals surface area contributed by atoms with E-state index in [0.717, 1.165) is 4.47 Å². The van der Waals surface area contributed by atoms with Crippen LogP contribution < -0.4 is 5.48 Å². The fraction of sp³-hybridized carbons (Fsp3) is 0.300. The molecule has 1 N–H and O–H groups in total. The van der Waals surface area contributed by atoms with Crippen molar-refractivity contribution in [3.8, 4) is 0 Å². The van der Waals surface area contributed by atoms with E-state index in [2.05, 4.69) is 20.8 Å². The molecule has 0 heterocycles. The maximum atomic E-state index is 11.7. The number of amides is 1. The van der Waals surface area contributed by atoms with E-state index in [9.17, 15) is 18.0 Å². The van der Waals surface area contributed by atoms with E-state index in [1.165, 1.54) is 0 Å². The van der Waals surface area contributed by atoms with E-state index < -0.39 is 18.7 Å². The molecule has 94 valence electrons. The summed E-state index contributed by atoms with van der Waals surface area (Å²) in [6, 6.07) is 6.85. The fourth-order valence-corrected chi connectivity index (χ4v) is 1.29. The van der Waals surface area contributed by atoms with Crippen molar-refractivity contribution < 1.29 is 22.8 Å². The normalized spacial score (nSPS) is 11.3. The first-order valence-electron chi connectivity index (χ1n) is 4.58. The van der Waals surface area contributed by atoms with Crippen LogP contribution in [0.2, 0.25) is 0 Å². The van der Waals surface area contributed by atoms with E-state index in [1.54, 1.807) is 29.7 Å². The number of carbonyl (C=O) groups is 1. The van der Waals surface area contributed by atoms with Crippen LogP contribution in [0.3, 0.4) is 0 Å². The molecule has 1 rings (SSSR count). The number of rotatable bonds is 4. The van der Waals surface area contributed by atoms with Crippen LogP contribution in [0.5, 0.6) is 0 Å². The molecule has 0 saturated heterocycles. The molecule has 0 atom stereocenters. The summed E-state index contributed by atoms with van der Waals surface area (Å²) in [4.78, 5) is 15.2. The molecule has 0 fully saturated rings. The van der Waals surface area contributed by atoms with Crippen LogP contribution in [-0.4, -0.2) is 18.7 Å². The molecule has 0 radical (unpaired) electrons. The van der Waals surface area contributed by atoms with Gasteiger partial charge in [-0.05, 0) is 17.7 Å². The topological polar surface area (TPSA) is 38.3 Å². The summed E-state index contributed by atoms with van der Waals surface area (Å²) in [5.41, 5.74) is 2.41. The molecule has 0 spiro atoms. The number of benzene rings is 1. The van der Waals surface area contributed by atoms with Crippen molar-refractivity contribution in [2.75, 3.05) is 6.61 Å². The van der Waals surface area contributed by atoms with Gasteiger partial charge in [0, 0.05) is 4.47 Å². The van der Waals surface area contributed by atoms with Crippen LogP contribution in [0.15, 0.2) is 28.7 Å². The fourth-order valence-electron chi connectivity index (χ4n) is 1.02. The molecule has 0 aromatic heterocycles. The minimum absolute atomic E-state index is 0.0366. The molecule has 0 bridgehead atoms. The van der Waals surface area contributed by atoms with E-state index in [0.29, 0.717) is 5.56 Å². The third-order valence-corrected chi connectivity index (χ3v) is 2.23. The highest BCUT2D eigenvalue weighted by atomic mass is 79.9. The lowest BCUT2D eigenvalue weighted by molar-refractivity contribution is -0.191. The number of halogens is 4. The largest absolute Gasteiger partial charge is 0.414 e. The van der Waals surface area contributed by atoms with Crippen molar-refractivity contribution in [2.45, 2.75) is 12.6 Å². The molecular weight excluding hydrogens is 303 g/mol. The minimum Gasteiger partial charge on any atom is -0.272 e. The second kappa shape index (κ2) is 6.02. The summed E-state index contributed by atoms with van der Waals surface area (Å²) in [6.07, 6.45) is -4.49. The molecule has 17 heavy (non-hydrogen) atoms. The van der Waals surface area contributed by atoms with Crippen LogP contribution in [0.1, 0.15) is 5.56 Å². The van der Waals surface area contributed by atoms with Gasteiger partial charge in [-0.2, -0.15) is 13.2 Å². The highest BCUT2D eigenvalue weighted by Gasteiger charge is 2.28. The number of hydrogen-bond donors (Lipinski definition) is 1. The lowest BCUT2D eigenvalue weighted by Gasteiger charge is -2.08. The summed E-state index contributed by atoms with van der Waals surface area (Å²) in [5.74, 6) is -0.628. The molecule has 0 aliphatic rings. The van der Waals surface area contributed by atoms with Gasteiger partial charge in [0.25, 0.3) is 0 Å². The first kappa shape index (κ1) is 14.0. The highest BCUT2D eigenvalue weighted by molar-refractivity contribution is 9.10. The van der Waals surface area contributed by atoms with E-state index in [4.69, 9.17) is 0 Å². The van der Waals surface area contributed by atoms with Crippen molar-refractivity contribution in [2.24, 2.45) is 0 Å². The Morgan fingerprint density at radius 2 is 1.88 bits per heavy atom. The van der Waals surface area contributed by atoms with Gasteiger partial charge in [0.2, 0.25) is 5.91 Å². The van der Waals surface area contributed by atoms with Crippen LogP contribution in [0.4, 0.5) is 13.2 Å². The lowest BCUT2D eigenvalue weighted by Crippen LogP contribution is -2.30. The minimum atomic E-state index is -4.45. The summed E-state index contributed by atoms with van der Waals surface area (Å²) in [5, 5.41) is 0. The second-order valence-corrected chi connectivity index (χ2v) is 4.15. The summed E-state index contributed by atoms with van der Waals surface area (Å²) in [6.45, 7) is -1.50. The van der Waals surface area contributed by atoms with Gasteiger partial charge in [0.15, 0.2) is 6.61 Å². The van der Waals surface area contributed by atoms with Gasteiger partial charge in [0.05, 0.1) is 6.42 Å². The van der Waals surface area contributed by atoms with Gasteiger partial charge in [-0.15, -0.1) is 0 Å². The lowest BCUT2D eigenvalue weighted by atomic mass is 10.1. The van der Waals surface area contributed by atoms with Crippen molar-refractivity contribution in [1.82, 2.24) is 5.48 Å². The molecule has 1 amide bonds. The maximum absolute atomic E-state index is 11.7. The van der Waals surface area contributed by atoms with Gasteiger partial charge in [0.1, 0.15) is 0 Å². The number of hydroxylamine groups is 1. The standard InChI is InChI=1S/C10H9BrF3NO2/c11-8-3-1-7(2-4-8)5-9(16)15-17-6-10(12,13)14/h1-4H,5-6H2,(H,15,16). The quantitative estimate of drug-likeness (QED) is 0.868. The van der Waals surface area contributed by atoms with Crippen LogP contribution >= 0.6 is 15.9 Å². The molecule has 1 aromatic carbocycles. The average molecular weight is 312 g/mol. The Kier molecular flexibility index (Phi) is 4.95. The monoisotopic (exact) mass is 311 g/mol. The smallest absolute Gasteiger partial charge is 0.272 e. The first-order valence-corrected chi connectivity index (χ1v) is 5.38. The molecular formula is C10H9BrF3NO2. The van der Waals surface area contributed by atoms with Crippen LogP contribution in [0, 0.1) is 0 Å². The molecule has 0 aliphatic carbocycles. The number of alkyl halides is 3. The summed E-state index contributed by atoms with van der Waals surface area (Å²) >= 11 is 3.23. The molecule has 3 nitrogen and oxygen atoms in total. The third kappa shape index (κ3) is 6.28. The molecule has 0 aliphatic heterocycles. The van der Waals surface area contributed by atoms with Gasteiger partial charge < -0.3 is 0 Å². The molecule has 7 heteroatoms. The van der Waals surface area contributed by atoms with Crippen LogP contribution in [-0.2, 0) is 16.1 Å². The zero-order valence-corrected chi connectivity index (χ0v) is 10.1. The number of nitrogens with one attached hydrogen (secondary N) is 1. The summed E-state index contributed by atoms with van der Waals surface area (Å²) in [7, 11) is 0. The van der Waals surface area contributed by atoms with Gasteiger partial charge in [-0.1, -0.05) is 28.1 Å². The Balaban J connectivity index is 2.32. The predicted molar refractivity (Wildman–Crippen MR) is 58.0 cm³/mol. The van der Waals surface area contributed by atoms with Gasteiger partial charge in [-0.3, -0.25) is 9.63 Å². The van der Waals surface area contributed by atoms with Crippen molar-refractivity contribution in [3.63, 3.8) is 0 Å². The zero-order chi connectivity index (χ0) is 12.9. The van der Waals surface area contributed by atoms with Crippen molar-refractivity contribution in [3.05, 3.63) is 34.3 Å². The highest BCUT2D eigenvalue weighted by Crippen LogP contribution is 2.14. The SMILES string of the molecule is O=C(Cc1ccc(Br)cc1)NOCC(F)(F)F. The van der Waals surface area contributed by atoms with E-state index in [1.807, 2.05) is 0 Å². The summed E-state index contributed by atoms with van der Waals surface area (Å²) < 4.78 is 35.9. The predicted octanol–water partition coefficient (Wildman–Crippen LogP) is 2.60. The van der Waals surface area contributed by atoms with E-state index in [-0.39, 0.29) is 6.42 Å². The average Bonchev–Trinajstić information content (AvgIpc) is 2.19. The Morgan fingerprint density at radius 1 is 1.29 bits per heavy atom. The van der Waals surface area contributed by atoms with E-state index >= 15 is 0 Å². The van der Waals surface area contributed by atoms with Crippen molar-refractivity contribution in [1.29, 1.82) is 0 Å². The Bertz CT molecular complexity index is 378. The Labute approximate surface area is 104 Å². The third-order valence-electron chi connectivity index (χ3n) is 1.70. The Hall–Kier alpha value is -1.08. The first-order chi connectivity index (χ1) is 7.87.